The summed E-state index contributed by atoms with van der Waals surface area (Å²) in [7, 11) is -0.338. The van der Waals surface area contributed by atoms with E-state index in [-0.39, 0.29) is 0 Å². The molecule has 0 aliphatic carbocycles. The van der Waals surface area contributed by atoms with Crippen LogP contribution in [0.5, 0.6) is 11.5 Å². The van der Waals surface area contributed by atoms with Crippen molar-refractivity contribution in [1.29, 1.82) is 0 Å². The van der Waals surface area contributed by atoms with E-state index in [4.69, 9.17) is 9.47 Å². The molecule has 1 aliphatic rings. The van der Waals surface area contributed by atoms with Crippen LogP contribution in [-0.2, 0) is 15.8 Å². The van der Waals surface area contributed by atoms with Crippen LogP contribution >= 0.6 is 11.8 Å². The van der Waals surface area contributed by atoms with Crippen LogP contribution in [0.3, 0.4) is 0 Å². The fourth-order valence-electron chi connectivity index (χ4n) is 2.41. The van der Waals surface area contributed by atoms with E-state index in [1.54, 1.807) is 30.0 Å². The average Bonchev–Trinajstić information content (AvgIpc) is 2.85. The van der Waals surface area contributed by atoms with Crippen LogP contribution < -0.4 is 9.47 Å². The van der Waals surface area contributed by atoms with Gasteiger partial charge in [0.15, 0.2) is 11.5 Å². The highest BCUT2D eigenvalue weighted by Crippen LogP contribution is 2.35. The van der Waals surface area contributed by atoms with Gasteiger partial charge in [0.25, 0.3) is 0 Å². The second kappa shape index (κ2) is 7.68. The van der Waals surface area contributed by atoms with Crippen molar-refractivity contribution in [3.63, 3.8) is 0 Å². The highest BCUT2D eigenvalue weighted by Gasteiger charge is 2.17. The van der Waals surface area contributed by atoms with Gasteiger partial charge >= 0.3 is 0 Å². The Morgan fingerprint density at radius 1 is 1.04 bits per heavy atom. The minimum Gasteiger partial charge on any atom is -0.490 e. The molecule has 2 aromatic rings. The molecular weight excluding hydrogens is 358 g/mol. The van der Waals surface area contributed by atoms with E-state index in [1.807, 2.05) is 24.3 Å². The summed E-state index contributed by atoms with van der Waals surface area (Å²) in [6, 6.07) is 13.0. The van der Waals surface area contributed by atoms with E-state index in [0.29, 0.717) is 23.9 Å². The van der Waals surface area contributed by atoms with Gasteiger partial charge in [-0.25, -0.2) is 12.7 Å². The summed E-state index contributed by atoms with van der Waals surface area (Å²) in [6.07, 6.45) is 0.879. The van der Waals surface area contributed by atoms with Gasteiger partial charge in [-0.3, -0.25) is 0 Å². The molecule has 0 aromatic heterocycles. The molecule has 0 amide bonds. The number of hydrogen-bond donors (Lipinski definition) is 0. The maximum absolute atomic E-state index is 12.2. The molecule has 1 heterocycles. The van der Waals surface area contributed by atoms with Gasteiger partial charge in [-0.05, 0) is 35.9 Å². The van der Waals surface area contributed by atoms with Gasteiger partial charge in [-0.15, -0.1) is 11.8 Å². The first-order valence-corrected chi connectivity index (χ1v) is 10.4. The van der Waals surface area contributed by atoms with Gasteiger partial charge < -0.3 is 9.47 Å². The lowest BCUT2D eigenvalue weighted by Crippen LogP contribution is -2.22. The number of benzene rings is 2. The number of thioether (sulfide) groups is 1. The van der Waals surface area contributed by atoms with E-state index < -0.39 is 10.0 Å². The molecule has 0 atom stereocenters. The first-order chi connectivity index (χ1) is 12.0. The summed E-state index contributed by atoms with van der Waals surface area (Å²) in [5.41, 5.74) is 0.958. The molecule has 0 bridgehead atoms. The van der Waals surface area contributed by atoms with Crippen molar-refractivity contribution >= 4 is 21.8 Å². The number of rotatable bonds is 5. The molecule has 0 saturated heterocycles. The Bertz CT molecular complexity index is 850. The van der Waals surface area contributed by atoms with Crippen molar-refractivity contribution in [2.45, 2.75) is 22.0 Å². The first kappa shape index (κ1) is 18.1. The molecule has 0 saturated carbocycles. The number of nitrogens with zero attached hydrogens (tertiary/aromatic N) is 1. The number of sulfonamides is 1. The van der Waals surface area contributed by atoms with E-state index >= 15 is 0 Å². The fourth-order valence-corrected chi connectivity index (χ4v) is 4.25. The largest absolute Gasteiger partial charge is 0.490 e. The Hall–Kier alpha value is -1.70. The monoisotopic (exact) mass is 379 g/mol. The van der Waals surface area contributed by atoms with Crippen molar-refractivity contribution < 1.29 is 17.9 Å². The highest BCUT2D eigenvalue weighted by atomic mass is 32.2. The summed E-state index contributed by atoms with van der Waals surface area (Å²) in [5.74, 6) is 2.23. The predicted molar refractivity (Wildman–Crippen MR) is 98.9 cm³/mol. The second-order valence-electron chi connectivity index (χ2n) is 5.88. The van der Waals surface area contributed by atoms with Gasteiger partial charge in [-0.2, -0.15) is 0 Å². The third kappa shape index (κ3) is 4.29. The van der Waals surface area contributed by atoms with Crippen LogP contribution in [0.15, 0.2) is 52.3 Å². The zero-order valence-electron chi connectivity index (χ0n) is 14.3. The Morgan fingerprint density at radius 2 is 1.80 bits per heavy atom. The summed E-state index contributed by atoms with van der Waals surface area (Å²) >= 11 is 1.64. The molecular formula is C18H21NO4S2. The minimum absolute atomic E-state index is 0.314. The van der Waals surface area contributed by atoms with E-state index in [9.17, 15) is 8.42 Å². The lowest BCUT2D eigenvalue weighted by molar-refractivity contribution is 0.297. The summed E-state index contributed by atoms with van der Waals surface area (Å²) in [4.78, 5) is 1.37. The molecule has 0 N–H and O–H groups in total. The Kier molecular flexibility index (Phi) is 5.56. The third-order valence-electron chi connectivity index (χ3n) is 3.80. The molecule has 5 nitrogen and oxygen atoms in total. The van der Waals surface area contributed by atoms with Crippen LogP contribution in [0, 0.1) is 0 Å². The molecule has 0 fully saturated rings. The first-order valence-electron chi connectivity index (χ1n) is 8.01. The second-order valence-corrected chi connectivity index (χ2v) is 9.08. The smallest absolute Gasteiger partial charge is 0.242 e. The zero-order valence-corrected chi connectivity index (χ0v) is 15.9. The topological polar surface area (TPSA) is 55.8 Å². The maximum atomic E-state index is 12.2. The quantitative estimate of drug-likeness (QED) is 0.746. The molecule has 25 heavy (non-hydrogen) atoms. The van der Waals surface area contributed by atoms with Gasteiger partial charge in [0, 0.05) is 31.2 Å². The lowest BCUT2D eigenvalue weighted by Gasteiger charge is -2.12. The Balaban J connectivity index is 1.73. The third-order valence-corrected chi connectivity index (χ3v) is 6.68. The molecule has 134 valence electrons. The Morgan fingerprint density at radius 3 is 2.56 bits per heavy atom. The van der Waals surface area contributed by atoms with Crippen LogP contribution in [0.4, 0.5) is 0 Å². The van der Waals surface area contributed by atoms with Crippen molar-refractivity contribution in [3.05, 3.63) is 48.0 Å². The van der Waals surface area contributed by atoms with Crippen LogP contribution in [0.1, 0.15) is 12.0 Å². The molecule has 3 rings (SSSR count). The van der Waals surface area contributed by atoms with Crippen molar-refractivity contribution in [3.8, 4) is 11.5 Å². The minimum atomic E-state index is -3.41. The van der Waals surface area contributed by atoms with Gasteiger partial charge in [0.05, 0.1) is 18.1 Å². The lowest BCUT2D eigenvalue weighted by atomic mass is 10.2. The van der Waals surface area contributed by atoms with Gasteiger partial charge in [0.1, 0.15) is 0 Å². The van der Waals surface area contributed by atoms with E-state index in [1.165, 1.54) is 18.4 Å². The van der Waals surface area contributed by atoms with Crippen molar-refractivity contribution in [2.24, 2.45) is 0 Å². The van der Waals surface area contributed by atoms with Crippen molar-refractivity contribution in [2.75, 3.05) is 27.3 Å². The normalized spacial score (nSPS) is 14.4. The SMILES string of the molecule is CN(C)S(=O)(=O)c1cccc(CSc2ccc3c(c2)OCCCO3)c1. The molecule has 7 heteroatoms. The molecule has 0 radical (unpaired) electrons. The Labute approximate surface area is 153 Å². The number of fused-ring (bicyclic) bond motifs is 1. The van der Waals surface area contributed by atoms with Crippen LogP contribution in [0.25, 0.3) is 0 Å². The fraction of sp³-hybridized carbons (Fsp3) is 0.333. The zero-order chi connectivity index (χ0) is 17.9. The number of ether oxygens (including phenoxy) is 2. The molecule has 1 aliphatic heterocycles. The van der Waals surface area contributed by atoms with Crippen molar-refractivity contribution in [1.82, 2.24) is 4.31 Å². The van der Waals surface area contributed by atoms with E-state index in [2.05, 4.69) is 0 Å². The van der Waals surface area contributed by atoms with Gasteiger partial charge in [0.2, 0.25) is 10.0 Å². The van der Waals surface area contributed by atoms with E-state index in [0.717, 1.165) is 28.4 Å². The maximum Gasteiger partial charge on any atom is 0.242 e. The molecule has 2 aromatic carbocycles. The molecule has 0 unspecified atom stereocenters. The van der Waals surface area contributed by atoms with Crippen LogP contribution in [0.2, 0.25) is 0 Å². The summed E-state index contributed by atoms with van der Waals surface area (Å²) in [6.45, 7) is 1.33. The van der Waals surface area contributed by atoms with Gasteiger partial charge in [-0.1, -0.05) is 12.1 Å². The molecule has 0 spiro atoms. The predicted octanol–water partition coefficient (Wildman–Crippen LogP) is 3.39. The van der Waals surface area contributed by atoms with Crippen LogP contribution in [-0.4, -0.2) is 40.0 Å². The average molecular weight is 380 g/mol. The summed E-state index contributed by atoms with van der Waals surface area (Å²) < 4.78 is 37.0. The number of hydrogen-bond acceptors (Lipinski definition) is 5. The standard InChI is InChI=1S/C18H21NO4S2/c1-19(2)25(20,21)16-6-3-5-14(11-16)13-24-15-7-8-17-18(12-15)23-10-4-9-22-17/h3,5-8,11-12H,4,9-10,13H2,1-2H3. The summed E-state index contributed by atoms with van der Waals surface area (Å²) in [5, 5.41) is 0. The highest BCUT2D eigenvalue weighted by molar-refractivity contribution is 7.98.